The van der Waals surface area contributed by atoms with Crippen LogP contribution in [0.2, 0.25) is 0 Å². The summed E-state index contributed by atoms with van der Waals surface area (Å²) in [7, 11) is 1.63. The number of methoxy groups -OCH3 is 1. The Hall–Kier alpha value is -1.30. The monoisotopic (exact) mass is 308 g/mol. The van der Waals surface area contributed by atoms with Crippen molar-refractivity contribution in [1.29, 1.82) is 0 Å². The molecule has 0 radical (unpaired) electrons. The van der Waals surface area contributed by atoms with Crippen LogP contribution >= 0.6 is 0 Å². The molecule has 0 amide bonds. The summed E-state index contributed by atoms with van der Waals surface area (Å²) in [6.45, 7) is 7.80. The Morgan fingerprint density at radius 1 is 1.32 bits per heavy atom. The van der Waals surface area contributed by atoms with Crippen LogP contribution in [-0.2, 0) is 0 Å². The van der Waals surface area contributed by atoms with E-state index in [2.05, 4.69) is 17.1 Å². The van der Waals surface area contributed by atoms with E-state index in [1.165, 1.54) is 0 Å². The van der Waals surface area contributed by atoms with Crippen molar-refractivity contribution in [3.63, 3.8) is 0 Å². The van der Waals surface area contributed by atoms with Crippen LogP contribution < -0.4 is 14.8 Å². The molecule has 1 aliphatic rings. The molecule has 2 N–H and O–H groups in total. The zero-order valence-corrected chi connectivity index (χ0v) is 13.7. The topological polar surface area (TPSA) is 54.0 Å². The molecule has 0 bridgehead atoms. The largest absolute Gasteiger partial charge is 0.496 e. The van der Waals surface area contributed by atoms with Crippen molar-refractivity contribution in [1.82, 2.24) is 10.2 Å². The van der Waals surface area contributed by atoms with Crippen molar-refractivity contribution < 1.29 is 14.6 Å². The summed E-state index contributed by atoms with van der Waals surface area (Å²) < 4.78 is 11.0. The molecular formula is C17H28N2O3. The Morgan fingerprint density at radius 3 is 2.77 bits per heavy atom. The number of hydrogen-bond acceptors (Lipinski definition) is 5. The summed E-state index contributed by atoms with van der Waals surface area (Å²) >= 11 is 0. The summed E-state index contributed by atoms with van der Waals surface area (Å²) in [6, 6.07) is 5.66. The minimum absolute atomic E-state index is 0.532. The van der Waals surface area contributed by atoms with Gasteiger partial charge in [-0.1, -0.05) is 6.92 Å². The van der Waals surface area contributed by atoms with Crippen LogP contribution in [0, 0.1) is 0 Å². The molecule has 22 heavy (non-hydrogen) atoms. The lowest BCUT2D eigenvalue weighted by Crippen LogP contribution is -2.44. The van der Waals surface area contributed by atoms with Crippen LogP contribution in [0.4, 0.5) is 0 Å². The first-order valence-electron chi connectivity index (χ1n) is 8.16. The number of aliphatic hydroxyl groups excluding tert-OH is 1. The first-order chi connectivity index (χ1) is 10.7. The van der Waals surface area contributed by atoms with Gasteiger partial charge in [-0.25, -0.2) is 0 Å². The van der Waals surface area contributed by atoms with Crippen molar-refractivity contribution in [3.8, 4) is 11.5 Å². The molecule has 1 heterocycles. The van der Waals surface area contributed by atoms with E-state index in [0.29, 0.717) is 13.0 Å². The summed E-state index contributed by atoms with van der Waals surface area (Å²) in [5, 5.41) is 13.9. The van der Waals surface area contributed by atoms with E-state index in [9.17, 15) is 5.11 Å². The van der Waals surface area contributed by atoms with Gasteiger partial charge in [-0.3, -0.25) is 0 Å². The van der Waals surface area contributed by atoms with Crippen molar-refractivity contribution in [2.75, 3.05) is 46.4 Å². The van der Waals surface area contributed by atoms with Gasteiger partial charge in [0.05, 0.1) is 19.8 Å². The van der Waals surface area contributed by atoms with Gasteiger partial charge in [-0.05, 0) is 31.0 Å². The van der Waals surface area contributed by atoms with Gasteiger partial charge < -0.3 is 24.8 Å². The van der Waals surface area contributed by atoms with Gasteiger partial charge >= 0.3 is 0 Å². The second-order valence-corrected chi connectivity index (χ2v) is 5.65. The van der Waals surface area contributed by atoms with Crippen molar-refractivity contribution in [2.45, 2.75) is 25.9 Å². The Kier molecular flexibility index (Phi) is 6.96. The second kappa shape index (κ2) is 8.98. The molecule has 1 saturated heterocycles. The standard InChI is InChI=1S/C17H28N2O3/c1-3-12-22-14-4-5-17(21-2)15(13-14)16(20)6-9-19-10-7-18-8-11-19/h4-5,13,16,18,20H,3,6-12H2,1-2H3. The first-order valence-corrected chi connectivity index (χ1v) is 8.16. The van der Waals surface area contributed by atoms with Crippen LogP contribution in [0.25, 0.3) is 0 Å². The van der Waals surface area contributed by atoms with E-state index in [-0.39, 0.29) is 0 Å². The third-order valence-electron chi connectivity index (χ3n) is 3.96. The SMILES string of the molecule is CCCOc1ccc(OC)c(C(O)CCN2CCNCC2)c1. The lowest BCUT2D eigenvalue weighted by molar-refractivity contribution is 0.133. The van der Waals surface area contributed by atoms with E-state index in [1.54, 1.807) is 7.11 Å². The summed E-state index contributed by atoms with van der Waals surface area (Å²) in [5.74, 6) is 1.51. The molecule has 0 aromatic heterocycles. The quantitative estimate of drug-likeness (QED) is 0.767. The summed E-state index contributed by atoms with van der Waals surface area (Å²) in [6.07, 6.45) is 1.13. The van der Waals surface area contributed by atoms with E-state index in [0.717, 1.165) is 56.2 Å². The highest BCUT2D eigenvalue weighted by Gasteiger charge is 2.17. The van der Waals surface area contributed by atoms with Gasteiger partial charge in [-0.15, -0.1) is 0 Å². The molecule has 0 saturated carbocycles. The Bertz CT molecular complexity index is 448. The minimum Gasteiger partial charge on any atom is -0.496 e. The fraction of sp³-hybridized carbons (Fsp3) is 0.647. The molecular weight excluding hydrogens is 280 g/mol. The van der Waals surface area contributed by atoms with E-state index >= 15 is 0 Å². The molecule has 5 heteroatoms. The summed E-state index contributed by atoms with van der Waals surface area (Å²) in [4.78, 5) is 2.38. The number of hydrogen-bond donors (Lipinski definition) is 2. The number of piperazine rings is 1. The fourth-order valence-electron chi connectivity index (χ4n) is 2.68. The maximum absolute atomic E-state index is 10.5. The van der Waals surface area contributed by atoms with Crippen LogP contribution in [-0.4, -0.2) is 56.4 Å². The van der Waals surface area contributed by atoms with E-state index in [4.69, 9.17) is 9.47 Å². The molecule has 0 spiro atoms. The molecule has 1 unspecified atom stereocenters. The highest BCUT2D eigenvalue weighted by atomic mass is 16.5. The van der Waals surface area contributed by atoms with Gasteiger partial charge in [0, 0.05) is 38.3 Å². The highest BCUT2D eigenvalue weighted by Crippen LogP contribution is 2.31. The molecule has 124 valence electrons. The third-order valence-corrected chi connectivity index (χ3v) is 3.96. The minimum atomic E-state index is -0.532. The molecule has 0 aliphatic carbocycles. The van der Waals surface area contributed by atoms with Crippen LogP contribution in [0.3, 0.4) is 0 Å². The predicted molar refractivity (Wildman–Crippen MR) is 87.7 cm³/mol. The zero-order valence-electron chi connectivity index (χ0n) is 13.7. The molecule has 1 aromatic carbocycles. The van der Waals surface area contributed by atoms with Crippen LogP contribution in [0.15, 0.2) is 18.2 Å². The number of nitrogens with one attached hydrogen (secondary N) is 1. The third kappa shape index (κ3) is 4.87. The zero-order chi connectivity index (χ0) is 15.8. The molecule has 1 atom stereocenters. The predicted octanol–water partition coefficient (Wildman–Crippen LogP) is 1.81. The lowest BCUT2D eigenvalue weighted by Gasteiger charge is -2.28. The Labute approximate surface area is 133 Å². The van der Waals surface area contributed by atoms with Gasteiger partial charge in [-0.2, -0.15) is 0 Å². The van der Waals surface area contributed by atoms with Gasteiger partial charge in [0.15, 0.2) is 0 Å². The number of rotatable bonds is 8. The number of ether oxygens (including phenoxy) is 2. The molecule has 5 nitrogen and oxygen atoms in total. The molecule has 1 aliphatic heterocycles. The van der Waals surface area contributed by atoms with E-state index < -0.39 is 6.10 Å². The number of nitrogens with zero attached hydrogens (tertiary/aromatic N) is 1. The fourth-order valence-corrected chi connectivity index (χ4v) is 2.68. The Balaban J connectivity index is 1.97. The van der Waals surface area contributed by atoms with Crippen molar-refractivity contribution in [3.05, 3.63) is 23.8 Å². The average molecular weight is 308 g/mol. The van der Waals surface area contributed by atoms with Crippen LogP contribution in [0.1, 0.15) is 31.4 Å². The van der Waals surface area contributed by atoms with Gasteiger partial charge in [0.25, 0.3) is 0 Å². The van der Waals surface area contributed by atoms with Crippen molar-refractivity contribution >= 4 is 0 Å². The maximum Gasteiger partial charge on any atom is 0.124 e. The lowest BCUT2D eigenvalue weighted by atomic mass is 10.0. The van der Waals surface area contributed by atoms with Crippen molar-refractivity contribution in [2.24, 2.45) is 0 Å². The summed E-state index contributed by atoms with van der Waals surface area (Å²) in [5.41, 5.74) is 0.811. The highest BCUT2D eigenvalue weighted by molar-refractivity contribution is 5.41. The molecule has 1 fully saturated rings. The molecule has 2 rings (SSSR count). The number of benzene rings is 1. The van der Waals surface area contributed by atoms with E-state index in [1.807, 2.05) is 18.2 Å². The van der Waals surface area contributed by atoms with Crippen LogP contribution in [0.5, 0.6) is 11.5 Å². The average Bonchev–Trinajstić information content (AvgIpc) is 2.58. The van der Waals surface area contributed by atoms with Gasteiger partial charge in [0.2, 0.25) is 0 Å². The smallest absolute Gasteiger partial charge is 0.124 e. The molecule has 1 aromatic rings. The normalized spacial score (nSPS) is 17.2. The second-order valence-electron chi connectivity index (χ2n) is 5.65. The number of aliphatic hydroxyl groups is 1. The Morgan fingerprint density at radius 2 is 2.09 bits per heavy atom. The maximum atomic E-state index is 10.5. The first kappa shape index (κ1) is 17.1. The van der Waals surface area contributed by atoms with Gasteiger partial charge in [0.1, 0.15) is 11.5 Å².